The van der Waals surface area contributed by atoms with Gasteiger partial charge in [-0.25, -0.2) is 0 Å². The van der Waals surface area contributed by atoms with Gasteiger partial charge in [-0.1, -0.05) is 13.8 Å². The summed E-state index contributed by atoms with van der Waals surface area (Å²) in [5.41, 5.74) is 0. The van der Waals surface area contributed by atoms with Crippen LogP contribution >= 0.6 is 0 Å². The van der Waals surface area contributed by atoms with E-state index in [2.05, 4.69) is 27.7 Å². The van der Waals surface area contributed by atoms with Gasteiger partial charge in [0.25, 0.3) is 0 Å². The van der Waals surface area contributed by atoms with Crippen LogP contribution in [0.4, 0.5) is 0 Å². The number of rotatable bonds is 6. The second-order valence-electron chi connectivity index (χ2n) is 2.89. The summed E-state index contributed by atoms with van der Waals surface area (Å²) >= 11 is 0. The normalized spacial score (nSPS) is 17.5. The van der Waals surface area contributed by atoms with Gasteiger partial charge in [0.15, 0.2) is 0 Å². The van der Waals surface area contributed by atoms with Crippen molar-refractivity contribution in [2.45, 2.75) is 52.7 Å². The third kappa shape index (κ3) is 6.53. The summed E-state index contributed by atoms with van der Waals surface area (Å²) < 4.78 is 11.0. The largest absolute Gasteiger partial charge is 0.396 e. The van der Waals surface area contributed by atoms with Crippen LogP contribution in [0.15, 0.2) is 0 Å². The fourth-order valence-electron chi connectivity index (χ4n) is 0.507. The monoisotopic (exact) mass is 176 g/mol. The van der Waals surface area contributed by atoms with Crippen LogP contribution in [0.25, 0.3) is 0 Å². The van der Waals surface area contributed by atoms with E-state index in [4.69, 9.17) is 8.85 Å². The molecule has 0 heterocycles. The third-order valence-corrected chi connectivity index (χ3v) is 3.27. The Bertz CT molecular complexity index is 78.2. The Morgan fingerprint density at radius 2 is 1.36 bits per heavy atom. The van der Waals surface area contributed by atoms with Gasteiger partial charge in [-0.05, 0) is 26.7 Å². The van der Waals surface area contributed by atoms with Crippen LogP contribution in [0.3, 0.4) is 0 Å². The summed E-state index contributed by atoms with van der Waals surface area (Å²) in [7, 11) is -0.706. The first kappa shape index (κ1) is 11.1. The first-order valence-corrected chi connectivity index (χ1v) is 5.59. The summed E-state index contributed by atoms with van der Waals surface area (Å²) in [5.74, 6) is 0. The maximum atomic E-state index is 5.48. The fourth-order valence-corrected chi connectivity index (χ4v) is 1.52. The van der Waals surface area contributed by atoms with Crippen molar-refractivity contribution in [1.82, 2.24) is 0 Å². The van der Waals surface area contributed by atoms with Crippen molar-refractivity contribution >= 4 is 10.0 Å². The molecule has 11 heavy (non-hydrogen) atoms. The Morgan fingerprint density at radius 3 is 1.64 bits per heavy atom. The van der Waals surface area contributed by atoms with E-state index in [1.807, 2.05) is 0 Å². The molecular formula is C8H20O2Si. The van der Waals surface area contributed by atoms with Gasteiger partial charge in [-0.3, -0.25) is 0 Å². The van der Waals surface area contributed by atoms with Gasteiger partial charge in [-0.2, -0.15) is 0 Å². The molecule has 0 aliphatic carbocycles. The van der Waals surface area contributed by atoms with Crippen molar-refractivity contribution in [2.75, 3.05) is 0 Å². The van der Waals surface area contributed by atoms with Crippen LogP contribution in [0.1, 0.15) is 40.5 Å². The molecule has 0 fully saturated rings. The highest BCUT2D eigenvalue weighted by Crippen LogP contribution is 1.98. The Morgan fingerprint density at radius 1 is 1.00 bits per heavy atom. The van der Waals surface area contributed by atoms with Crippen LogP contribution in [0.5, 0.6) is 0 Å². The Kier molecular flexibility index (Phi) is 6.91. The Balaban J connectivity index is 3.13. The topological polar surface area (TPSA) is 18.5 Å². The summed E-state index contributed by atoms with van der Waals surface area (Å²) in [6, 6.07) is 0. The summed E-state index contributed by atoms with van der Waals surface area (Å²) in [4.78, 5) is 0. The van der Waals surface area contributed by atoms with E-state index in [0.717, 1.165) is 12.8 Å². The lowest BCUT2D eigenvalue weighted by Crippen LogP contribution is -2.17. The molecule has 0 saturated heterocycles. The highest BCUT2D eigenvalue weighted by molar-refractivity contribution is 6.18. The van der Waals surface area contributed by atoms with Crippen molar-refractivity contribution in [2.24, 2.45) is 0 Å². The number of hydrogen-bond donors (Lipinski definition) is 0. The first-order valence-electron chi connectivity index (χ1n) is 4.43. The zero-order valence-corrected chi connectivity index (χ0v) is 9.51. The highest BCUT2D eigenvalue weighted by atomic mass is 28.3. The van der Waals surface area contributed by atoms with E-state index in [-0.39, 0.29) is 0 Å². The summed E-state index contributed by atoms with van der Waals surface area (Å²) in [6.07, 6.45) is 2.92. The minimum Gasteiger partial charge on any atom is -0.396 e. The van der Waals surface area contributed by atoms with Gasteiger partial charge in [0.2, 0.25) is 0 Å². The van der Waals surface area contributed by atoms with E-state index in [1.54, 1.807) is 0 Å². The molecule has 0 bridgehead atoms. The van der Waals surface area contributed by atoms with E-state index >= 15 is 0 Å². The second-order valence-corrected chi connectivity index (χ2v) is 3.79. The SMILES string of the molecule is CCC(C)O[SiH2]OC(C)CC. The van der Waals surface area contributed by atoms with E-state index in [9.17, 15) is 0 Å². The molecule has 0 aromatic rings. The molecule has 2 atom stereocenters. The van der Waals surface area contributed by atoms with Crippen LogP contribution in [0, 0.1) is 0 Å². The van der Waals surface area contributed by atoms with Gasteiger partial charge in [0.1, 0.15) is 0 Å². The van der Waals surface area contributed by atoms with E-state index in [1.165, 1.54) is 0 Å². The van der Waals surface area contributed by atoms with Crippen molar-refractivity contribution in [3.05, 3.63) is 0 Å². The van der Waals surface area contributed by atoms with Crippen molar-refractivity contribution < 1.29 is 8.85 Å². The third-order valence-electron chi connectivity index (χ3n) is 1.85. The molecule has 0 N–H and O–H groups in total. The second kappa shape index (κ2) is 6.82. The smallest absolute Gasteiger partial charge is 0.304 e. The maximum absolute atomic E-state index is 5.48. The van der Waals surface area contributed by atoms with Crippen LogP contribution in [-0.2, 0) is 8.85 Å². The van der Waals surface area contributed by atoms with Gasteiger partial charge in [0, 0.05) is 12.2 Å². The lowest BCUT2D eigenvalue weighted by atomic mass is 10.3. The standard InChI is InChI=1S/C8H20O2Si/c1-5-7(3)9-11-10-8(4)6-2/h7-8H,5-6,11H2,1-4H3. The molecule has 0 aliphatic heterocycles. The average Bonchev–Trinajstić information content (AvgIpc) is 2.04. The minimum absolute atomic E-state index is 0.380. The number of hydrogen-bond acceptors (Lipinski definition) is 2. The average molecular weight is 176 g/mol. The zero-order chi connectivity index (χ0) is 8.69. The van der Waals surface area contributed by atoms with Crippen LogP contribution in [0.2, 0.25) is 0 Å². The molecule has 0 rings (SSSR count). The molecule has 0 spiro atoms. The van der Waals surface area contributed by atoms with Crippen LogP contribution in [-0.4, -0.2) is 22.2 Å². The molecule has 0 aromatic heterocycles. The van der Waals surface area contributed by atoms with Gasteiger partial charge in [-0.15, -0.1) is 0 Å². The predicted molar refractivity (Wildman–Crippen MR) is 50.2 cm³/mol. The Hall–Kier alpha value is 0.137. The van der Waals surface area contributed by atoms with Gasteiger partial charge in [0.05, 0.1) is 0 Å². The lowest BCUT2D eigenvalue weighted by molar-refractivity contribution is 0.131. The molecule has 3 heteroatoms. The fraction of sp³-hybridized carbons (Fsp3) is 1.00. The maximum Gasteiger partial charge on any atom is 0.304 e. The van der Waals surface area contributed by atoms with E-state index in [0.29, 0.717) is 12.2 Å². The first-order chi connectivity index (χ1) is 5.20. The summed E-state index contributed by atoms with van der Waals surface area (Å²) in [6.45, 7) is 8.44. The van der Waals surface area contributed by atoms with E-state index < -0.39 is 10.0 Å². The molecule has 0 radical (unpaired) electrons. The zero-order valence-electron chi connectivity index (χ0n) is 8.09. The minimum atomic E-state index is -0.706. The molecule has 0 aliphatic rings. The molecular weight excluding hydrogens is 156 g/mol. The molecule has 68 valence electrons. The molecule has 2 unspecified atom stereocenters. The van der Waals surface area contributed by atoms with Gasteiger partial charge < -0.3 is 8.85 Å². The quantitative estimate of drug-likeness (QED) is 0.573. The molecule has 0 aromatic carbocycles. The van der Waals surface area contributed by atoms with Crippen molar-refractivity contribution in [3.63, 3.8) is 0 Å². The van der Waals surface area contributed by atoms with Gasteiger partial charge >= 0.3 is 10.0 Å². The molecule has 0 amide bonds. The highest BCUT2D eigenvalue weighted by Gasteiger charge is 2.01. The van der Waals surface area contributed by atoms with Crippen LogP contribution < -0.4 is 0 Å². The summed E-state index contributed by atoms with van der Waals surface area (Å²) in [5, 5.41) is 0. The lowest BCUT2D eigenvalue weighted by Gasteiger charge is -2.13. The van der Waals surface area contributed by atoms with Crippen molar-refractivity contribution in [1.29, 1.82) is 0 Å². The predicted octanol–water partition coefficient (Wildman–Crippen LogP) is 1.62. The Labute approximate surface area is 72.3 Å². The molecule has 2 nitrogen and oxygen atoms in total. The molecule has 0 saturated carbocycles. The van der Waals surface area contributed by atoms with Crippen molar-refractivity contribution in [3.8, 4) is 0 Å².